The van der Waals surface area contributed by atoms with Crippen LogP contribution in [-0.2, 0) is 13.6 Å². The zero-order valence-corrected chi connectivity index (χ0v) is 5.14. The molecule has 8 heavy (non-hydrogen) atoms. The zero-order valence-electron chi connectivity index (χ0n) is 4.24. The highest BCUT2D eigenvalue weighted by atomic mass is 31.1. The van der Waals surface area contributed by atoms with E-state index in [-0.39, 0.29) is 0 Å². The molecule has 4 heteroatoms. The smallest absolute Gasteiger partial charge is 0.115 e. The van der Waals surface area contributed by atoms with Crippen LogP contribution in [0.1, 0.15) is 0 Å². The van der Waals surface area contributed by atoms with Crippen LogP contribution in [0.4, 0.5) is 0 Å². The molecule has 0 aromatic heterocycles. The van der Waals surface area contributed by atoms with E-state index in [0.29, 0.717) is 13.2 Å². The van der Waals surface area contributed by atoms with Gasteiger partial charge in [-0.1, -0.05) is 12.2 Å². The minimum Gasteiger partial charge on any atom is -0.115 e. The van der Waals surface area contributed by atoms with E-state index in [1.807, 2.05) is 0 Å². The third-order valence-electron chi connectivity index (χ3n) is 0.719. The molecule has 3 nitrogen and oxygen atoms in total. The van der Waals surface area contributed by atoms with Gasteiger partial charge < -0.3 is 0 Å². The molecular weight excluding hydrogens is 127 g/mol. The molecule has 0 amide bonds. The van der Waals surface area contributed by atoms with Crippen LogP contribution in [0.5, 0.6) is 0 Å². The van der Waals surface area contributed by atoms with Gasteiger partial charge in [0.05, 0.1) is 0 Å². The zero-order chi connectivity index (χ0) is 5.82. The lowest BCUT2D eigenvalue weighted by atomic mass is 10.5. The molecule has 0 atom stereocenters. The summed E-state index contributed by atoms with van der Waals surface area (Å²) in [5.74, 6) is 0. The summed E-state index contributed by atoms with van der Waals surface area (Å²) in [5.41, 5.74) is 0. The van der Waals surface area contributed by atoms with Gasteiger partial charge in [-0.15, -0.1) is 9.05 Å². The second kappa shape index (κ2) is 2.92. The Hall–Kier alpha value is -0.240. The Morgan fingerprint density at radius 3 is 2.25 bits per heavy atom. The lowest BCUT2D eigenvalue weighted by Gasteiger charge is -1.74. The van der Waals surface area contributed by atoms with Crippen LogP contribution < -0.4 is 0 Å². The van der Waals surface area contributed by atoms with Crippen LogP contribution in [0.15, 0.2) is 12.2 Å². The molecule has 0 spiro atoms. The predicted molar refractivity (Wildman–Crippen MR) is 28.7 cm³/mol. The molecule has 1 rings (SSSR count). The standard InChI is InChI=1S/C4H6O3P/c5-8-6-3-1-2-4-7-8/h1-2H,3-4H2/q+1. The summed E-state index contributed by atoms with van der Waals surface area (Å²) in [6.07, 6.45) is 3.56. The van der Waals surface area contributed by atoms with Crippen LogP contribution in [0.3, 0.4) is 0 Å². The molecule has 0 saturated carbocycles. The van der Waals surface area contributed by atoms with Gasteiger partial charge in [0.2, 0.25) is 0 Å². The number of hydrogen-bond acceptors (Lipinski definition) is 3. The Balaban J connectivity index is 2.39. The highest BCUT2D eigenvalue weighted by Crippen LogP contribution is 2.24. The van der Waals surface area contributed by atoms with E-state index < -0.39 is 8.25 Å². The molecule has 0 bridgehead atoms. The monoisotopic (exact) mass is 133 g/mol. The molecule has 0 fully saturated rings. The van der Waals surface area contributed by atoms with Gasteiger partial charge in [-0.05, 0) is 0 Å². The van der Waals surface area contributed by atoms with Crippen molar-refractivity contribution in [1.29, 1.82) is 0 Å². The Labute approximate surface area is 48.2 Å². The number of hydrogen-bond donors (Lipinski definition) is 0. The van der Waals surface area contributed by atoms with Gasteiger partial charge in [-0.3, -0.25) is 0 Å². The third-order valence-corrected chi connectivity index (χ3v) is 1.44. The first-order valence-electron chi connectivity index (χ1n) is 2.27. The van der Waals surface area contributed by atoms with Crippen molar-refractivity contribution in [3.8, 4) is 0 Å². The molecule has 0 aromatic carbocycles. The van der Waals surface area contributed by atoms with Crippen LogP contribution >= 0.6 is 8.25 Å². The fourth-order valence-electron chi connectivity index (χ4n) is 0.381. The van der Waals surface area contributed by atoms with Gasteiger partial charge in [-0.2, -0.15) is 0 Å². The van der Waals surface area contributed by atoms with E-state index in [9.17, 15) is 4.57 Å². The van der Waals surface area contributed by atoms with E-state index >= 15 is 0 Å². The fourth-order valence-corrected chi connectivity index (χ4v) is 0.871. The van der Waals surface area contributed by atoms with E-state index in [4.69, 9.17) is 0 Å². The molecule has 0 radical (unpaired) electrons. The molecule has 1 aliphatic heterocycles. The first-order chi connectivity index (χ1) is 3.89. The Morgan fingerprint density at radius 2 is 1.75 bits per heavy atom. The highest BCUT2D eigenvalue weighted by Gasteiger charge is 2.19. The van der Waals surface area contributed by atoms with Gasteiger partial charge in [-0.25, -0.2) is 0 Å². The van der Waals surface area contributed by atoms with Crippen molar-refractivity contribution in [2.24, 2.45) is 0 Å². The summed E-state index contributed by atoms with van der Waals surface area (Å²) in [7, 11) is -1.83. The van der Waals surface area contributed by atoms with E-state index in [1.54, 1.807) is 12.2 Å². The minimum absolute atomic E-state index is 0.398. The molecule has 0 aromatic rings. The summed E-state index contributed by atoms with van der Waals surface area (Å²) in [6, 6.07) is 0. The lowest BCUT2D eigenvalue weighted by Crippen LogP contribution is -1.77. The average Bonchev–Trinajstić information content (AvgIpc) is 1.94. The molecule has 0 unspecified atom stereocenters. The fraction of sp³-hybridized carbons (Fsp3) is 0.500. The SMILES string of the molecule is O=[P+]1OCC=CCO1. The summed E-state index contributed by atoms with van der Waals surface area (Å²) in [4.78, 5) is 0. The van der Waals surface area contributed by atoms with Gasteiger partial charge in [0.1, 0.15) is 13.2 Å². The normalized spacial score (nSPS) is 20.8. The summed E-state index contributed by atoms with van der Waals surface area (Å²) >= 11 is 0. The van der Waals surface area contributed by atoms with Gasteiger partial charge >= 0.3 is 8.25 Å². The maximum atomic E-state index is 10.3. The molecule has 1 heterocycles. The second-order valence-electron chi connectivity index (χ2n) is 1.29. The third kappa shape index (κ3) is 1.70. The average molecular weight is 133 g/mol. The minimum atomic E-state index is -1.83. The molecule has 44 valence electrons. The molecule has 0 saturated heterocycles. The number of rotatable bonds is 0. The van der Waals surface area contributed by atoms with E-state index in [0.717, 1.165) is 0 Å². The Kier molecular flexibility index (Phi) is 2.15. The van der Waals surface area contributed by atoms with Crippen molar-refractivity contribution >= 4 is 8.25 Å². The summed E-state index contributed by atoms with van der Waals surface area (Å²) in [6.45, 7) is 0.796. The van der Waals surface area contributed by atoms with Gasteiger partial charge in [0.15, 0.2) is 0 Å². The van der Waals surface area contributed by atoms with Crippen molar-refractivity contribution in [1.82, 2.24) is 0 Å². The quantitative estimate of drug-likeness (QED) is 0.368. The van der Waals surface area contributed by atoms with Crippen molar-refractivity contribution in [3.63, 3.8) is 0 Å². The maximum Gasteiger partial charge on any atom is 0.698 e. The van der Waals surface area contributed by atoms with Crippen LogP contribution in [-0.4, -0.2) is 13.2 Å². The summed E-state index contributed by atoms with van der Waals surface area (Å²) < 4.78 is 19.6. The van der Waals surface area contributed by atoms with Gasteiger partial charge in [0.25, 0.3) is 0 Å². The van der Waals surface area contributed by atoms with Crippen molar-refractivity contribution in [2.45, 2.75) is 0 Å². The summed E-state index contributed by atoms with van der Waals surface area (Å²) in [5, 5.41) is 0. The first-order valence-corrected chi connectivity index (χ1v) is 3.37. The van der Waals surface area contributed by atoms with Crippen molar-refractivity contribution in [3.05, 3.63) is 12.2 Å². The second-order valence-corrected chi connectivity index (χ2v) is 2.25. The van der Waals surface area contributed by atoms with E-state index in [1.165, 1.54) is 0 Å². The van der Waals surface area contributed by atoms with Crippen LogP contribution in [0.2, 0.25) is 0 Å². The Morgan fingerprint density at radius 1 is 1.25 bits per heavy atom. The van der Waals surface area contributed by atoms with Crippen molar-refractivity contribution in [2.75, 3.05) is 13.2 Å². The van der Waals surface area contributed by atoms with Crippen LogP contribution in [0.25, 0.3) is 0 Å². The lowest BCUT2D eigenvalue weighted by molar-refractivity contribution is 0.271. The maximum absolute atomic E-state index is 10.3. The largest absolute Gasteiger partial charge is 0.698 e. The molecule has 0 aliphatic carbocycles. The molecule has 1 aliphatic rings. The molecule has 0 N–H and O–H groups in total. The molecular formula is C4H6O3P+. The first kappa shape index (κ1) is 5.89. The topological polar surface area (TPSA) is 35.5 Å². The van der Waals surface area contributed by atoms with Crippen LogP contribution in [0, 0.1) is 0 Å². The highest BCUT2D eigenvalue weighted by molar-refractivity contribution is 7.33. The van der Waals surface area contributed by atoms with Gasteiger partial charge in [0, 0.05) is 4.57 Å². The Bertz CT molecular complexity index is 108. The van der Waals surface area contributed by atoms with E-state index in [2.05, 4.69) is 9.05 Å². The van der Waals surface area contributed by atoms with Crippen molar-refractivity contribution < 1.29 is 13.6 Å². The predicted octanol–water partition coefficient (Wildman–Crippen LogP) is 1.25.